The van der Waals surface area contributed by atoms with Crippen molar-refractivity contribution in [1.82, 2.24) is 15.0 Å². The number of hydrogen-bond donors (Lipinski definition) is 1. The molecule has 2 aliphatic heterocycles. The summed E-state index contributed by atoms with van der Waals surface area (Å²) in [6, 6.07) is 6.79. The highest BCUT2D eigenvalue weighted by molar-refractivity contribution is 5.88. The molecule has 3 aromatic rings. The number of rotatable bonds is 6. The molecular weight excluding hydrogens is 562 g/mol. The fourth-order valence-corrected chi connectivity index (χ4v) is 7.42. The fraction of sp³-hybridized carbons (Fsp3) is 0.568. The number of carbonyl (C=O) groups is 1. The lowest BCUT2D eigenvalue weighted by molar-refractivity contribution is -0.160. The first-order chi connectivity index (χ1) is 21.3. The first-order valence-corrected chi connectivity index (χ1v) is 16.7. The zero-order valence-electron chi connectivity index (χ0n) is 28.2. The van der Waals surface area contributed by atoms with E-state index in [-0.39, 0.29) is 5.41 Å². The van der Waals surface area contributed by atoms with E-state index in [1.54, 1.807) is 6.33 Å². The van der Waals surface area contributed by atoms with Gasteiger partial charge in [-0.05, 0) is 102 Å². The van der Waals surface area contributed by atoms with Gasteiger partial charge in [-0.15, -0.1) is 0 Å². The number of aryl methyl sites for hydroxylation is 3. The van der Waals surface area contributed by atoms with E-state index in [0.717, 1.165) is 92.3 Å². The highest BCUT2D eigenvalue weighted by Gasteiger charge is 2.37. The molecule has 0 radical (unpaired) electrons. The Balaban J connectivity index is 1.43. The Kier molecular flexibility index (Phi) is 8.40. The smallest absolute Gasteiger partial charge is 0.337 e. The molecule has 8 heteroatoms. The van der Waals surface area contributed by atoms with Gasteiger partial charge >= 0.3 is 5.97 Å². The minimum Gasteiger partial charge on any atom is -0.479 e. The Labute approximate surface area is 268 Å². The summed E-state index contributed by atoms with van der Waals surface area (Å²) in [5, 5.41) is 10.5. The predicted molar refractivity (Wildman–Crippen MR) is 179 cm³/mol. The molecule has 4 heterocycles. The molecule has 1 saturated heterocycles. The van der Waals surface area contributed by atoms with Gasteiger partial charge in [0.15, 0.2) is 6.10 Å². The lowest BCUT2D eigenvalue weighted by atomic mass is 9.81. The second kappa shape index (κ2) is 12.0. The topological polar surface area (TPSA) is 91.7 Å². The molecule has 0 saturated carbocycles. The number of carboxylic acids is 1. The van der Waals surface area contributed by atoms with Gasteiger partial charge in [0.25, 0.3) is 0 Å². The van der Waals surface area contributed by atoms with Crippen LogP contribution in [-0.2, 0) is 35.3 Å². The normalized spacial score (nSPS) is 18.7. The quantitative estimate of drug-likeness (QED) is 0.314. The predicted octanol–water partition coefficient (Wildman–Crippen LogP) is 7.16. The average molecular weight is 612 g/mol. The zero-order chi connectivity index (χ0) is 32.1. The highest BCUT2D eigenvalue weighted by Crippen LogP contribution is 2.45. The molecule has 1 aromatic carbocycles. The molecular formula is C37H49N5O3. The number of nitrogens with zero attached hydrogens (tertiary/aromatic N) is 5. The van der Waals surface area contributed by atoms with E-state index in [1.165, 1.54) is 35.2 Å². The first kappa shape index (κ1) is 31.5. The van der Waals surface area contributed by atoms with Gasteiger partial charge < -0.3 is 19.6 Å². The maximum absolute atomic E-state index is 12.8. The Morgan fingerprint density at radius 1 is 0.956 bits per heavy atom. The lowest BCUT2D eigenvalue weighted by Crippen LogP contribution is -2.39. The van der Waals surface area contributed by atoms with E-state index < -0.39 is 17.7 Å². The Bertz CT molecular complexity index is 1600. The molecule has 240 valence electrons. The molecule has 1 N–H and O–H groups in total. The van der Waals surface area contributed by atoms with Crippen LogP contribution >= 0.6 is 0 Å². The van der Waals surface area contributed by atoms with Crippen LogP contribution in [0.5, 0.6) is 0 Å². The fourth-order valence-electron chi connectivity index (χ4n) is 7.42. The summed E-state index contributed by atoms with van der Waals surface area (Å²) in [6.45, 7) is 17.8. The van der Waals surface area contributed by atoms with Crippen molar-refractivity contribution in [3.05, 3.63) is 63.9 Å². The molecule has 8 nitrogen and oxygen atoms in total. The molecule has 1 fully saturated rings. The van der Waals surface area contributed by atoms with Crippen LogP contribution in [0, 0.1) is 19.3 Å². The molecule has 45 heavy (non-hydrogen) atoms. The number of hydrogen-bond acceptors (Lipinski definition) is 7. The van der Waals surface area contributed by atoms with Gasteiger partial charge in [0.05, 0.1) is 11.3 Å². The summed E-state index contributed by atoms with van der Waals surface area (Å²) in [4.78, 5) is 32.0. The van der Waals surface area contributed by atoms with Gasteiger partial charge in [-0.25, -0.2) is 14.8 Å². The molecule has 1 aliphatic carbocycles. The van der Waals surface area contributed by atoms with Crippen LogP contribution in [0.25, 0.3) is 11.1 Å². The third-order valence-corrected chi connectivity index (χ3v) is 9.88. The molecule has 1 unspecified atom stereocenters. The third-order valence-electron chi connectivity index (χ3n) is 9.88. The molecule has 0 spiro atoms. The van der Waals surface area contributed by atoms with E-state index in [2.05, 4.69) is 53.8 Å². The number of pyridine rings is 1. The van der Waals surface area contributed by atoms with E-state index in [9.17, 15) is 9.90 Å². The number of ether oxygens (including phenoxy) is 1. The summed E-state index contributed by atoms with van der Waals surface area (Å²) in [7, 11) is 0. The summed E-state index contributed by atoms with van der Waals surface area (Å²) < 4.78 is 6.27. The van der Waals surface area contributed by atoms with Gasteiger partial charge in [-0.1, -0.05) is 32.0 Å². The summed E-state index contributed by atoms with van der Waals surface area (Å²) in [5.41, 5.74) is 10.2. The van der Waals surface area contributed by atoms with Gasteiger partial charge in [0.1, 0.15) is 12.1 Å². The Morgan fingerprint density at radius 2 is 1.69 bits per heavy atom. The third kappa shape index (κ3) is 6.44. The molecule has 0 amide bonds. The minimum absolute atomic E-state index is 0.253. The highest BCUT2D eigenvalue weighted by atomic mass is 16.5. The molecule has 2 aromatic heterocycles. The van der Waals surface area contributed by atoms with E-state index >= 15 is 0 Å². The number of piperidine rings is 1. The number of aliphatic carboxylic acids is 1. The van der Waals surface area contributed by atoms with Gasteiger partial charge in [0.2, 0.25) is 0 Å². The monoisotopic (exact) mass is 611 g/mol. The largest absolute Gasteiger partial charge is 0.479 e. The van der Waals surface area contributed by atoms with Gasteiger partial charge in [0, 0.05) is 60.0 Å². The summed E-state index contributed by atoms with van der Waals surface area (Å²) in [5.74, 6) is 0.118. The number of carboxylic acid groups (broad SMARTS) is 1. The lowest BCUT2D eigenvalue weighted by Gasteiger charge is -2.41. The van der Waals surface area contributed by atoms with Crippen LogP contribution in [0.15, 0.2) is 24.5 Å². The van der Waals surface area contributed by atoms with Crippen LogP contribution in [0.3, 0.4) is 0 Å². The molecule has 6 rings (SSSR count). The first-order valence-electron chi connectivity index (χ1n) is 16.7. The van der Waals surface area contributed by atoms with Crippen molar-refractivity contribution >= 4 is 17.5 Å². The zero-order valence-corrected chi connectivity index (χ0v) is 28.2. The van der Waals surface area contributed by atoms with E-state index in [1.807, 2.05) is 27.7 Å². The van der Waals surface area contributed by atoms with Crippen LogP contribution in [0.2, 0.25) is 0 Å². The van der Waals surface area contributed by atoms with Crippen LogP contribution in [0.4, 0.5) is 11.5 Å². The van der Waals surface area contributed by atoms with Crippen LogP contribution < -0.4 is 9.80 Å². The maximum Gasteiger partial charge on any atom is 0.337 e. The van der Waals surface area contributed by atoms with Crippen molar-refractivity contribution in [2.75, 3.05) is 29.4 Å². The van der Waals surface area contributed by atoms with E-state index in [0.29, 0.717) is 5.56 Å². The van der Waals surface area contributed by atoms with Crippen molar-refractivity contribution in [2.24, 2.45) is 5.41 Å². The SMILES string of the molecule is Cc1nc(C)c(C(OC(C)(C)C)C(=O)O)c(N2CCC(C)(C)CC2)c1-c1ccc2c(c1)CCN(c1ncnc3c1CCCC3)C2. The Morgan fingerprint density at radius 3 is 2.40 bits per heavy atom. The van der Waals surface area contributed by atoms with Crippen molar-refractivity contribution in [3.63, 3.8) is 0 Å². The average Bonchev–Trinajstić information content (AvgIpc) is 2.98. The van der Waals surface area contributed by atoms with Gasteiger partial charge in [-0.3, -0.25) is 4.98 Å². The standard InChI is InChI=1S/C37H49N5O3/c1-23-30(26-12-13-27-21-42(17-14-25(27)20-26)34-28-10-8-9-11-29(28)38-22-39-34)32(41-18-15-37(6,7)16-19-41)31(24(2)40-23)33(35(43)44)45-36(3,4)5/h12-13,20,22,33H,8-11,14-19,21H2,1-7H3,(H,43,44). The summed E-state index contributed by atoms with van der Waals surface area (Å²) in [6.07, 6.45) is 8.13. The number of aromatic nitrogens is 3. The van der Waals surface area contributed by atoms with Gasteiger partial charge in [-0.2, -0.15) is 0 Å². The van der Waals surface area contributed by atoms with Crippen molar-refractivity contribution in [3.8, 4) is 11.1 Å². The number of benzene rings is 1. The van der Waals surface area contributed by atoms with Crippen LogP contribution in [0.1, 0.15) is 106 Å². The number of anilines is 2. The summed E-state index contributed by atoms with van der Waals surface area (Å²) >= 11 is 0. The molecule has 0 bridgehead atoms. The van der Waals surface area contributed by atoms with E-state index in [4.69, 9.17) is 14.7 Å². The van der Waals surface area contributed by atoms with Crippen LogP contribution in [-0.4, -0.2) is 51.3 Å². The minimum atomic E-state index is -1.12. The molecule has 3 aliphatic rings. The Hall–Kier alpha value is -3.52. The van der Waals surface area contributed by atoms with Crippen molar-refractivity contribution in [1.29, 1.82) is 0 Å². The molecule has 1 atom stereocenters. The van der Waals surface area contributed by atoms with Crippen molar-refractivity contribution < 1.29 is 14.6 Å². The van der Waals surface area contributed by atoms with Crippen molar-refractivity contribution in [2.45, 2.75) is 112 Å². The second-order valence-electron chi connectivity index (χ2n) is 15.0. The second-order valence-corrected chi connectivity index (χ2v) is 15.0. The maximum atomic E-state index is 12.8. The number of fused-ring (bicyclic) bond motifs is 2.